The van der Waals surface area contributed by atoms with Crippen molar-refractivity contribution in [3.8, 4) is 0 Å². The molecule has 3 nitrogen and oxygen atoms in total. The second kappa shape index (κ2) is 8.25. The number of hydrogen-bond acceptors (Lipinski definition) is 2. The van der Waals surface area contributed by atoms with Crippen LogP contribution in [0.25, 0.3) is 16.5 Å². The van der Waals surface area contributed by atoms with Crippen LogP contribution in [0.4, 0.5) is 5.69 Å². The minimum absolute atomic E-state index is 0.689. The first-order valence-corrected chi connectivity index (χ1v) is 11.2. The van der Waals surface area contributed by atoms with Gasteiger partial charge in [0.15, 0.2) is 0 Å². The van der Waals surface area contributed by atoms with Crippen molar-refractivity contribution in [2.75, 3.05) is 31.5 Å². The fourth-order valence-electron chi connectivity index (χ4n) is 4.86. The van der Waals surface area contributed by atoms with E-state index >= 15 is 0 Å². The van der Waals surface area contributed by atoms with Gasteiger partial charge < -0.3 is 10.3 Å². The van der Waals surface area contributed by atoms with Crippen molar-refractivity contribution < 1.29 is 0 Å². The Labute approximate surface area is 177 Å². The summed E-state index contributed by atoms with van der Waals surface area (Å²) in [6.45, 7) is 4.52. The van der Waals surface area contributed by atoms with E-state index in [-0.39, 0.29) is 0 Å². The van der Waals surface area contributed by atoms with Crippen LogP contribution in [0.15, 0.2) is 54.7 Å². The quantitative estimate of drug-likeness (QED) is 0.472. The first kappa shape index (κ1) is 18.8. The van der Waals surface area contributed by atoms with E-state index in [2.05, 4.69) is 57.8 Å². The van der Waals surface area contributed by atoms with Gasteiger partial charge in [0.05, 0.1) is 0 Å². The lowest BCUT2D eigenvalue weighted by molar-refractivity contribution is 0.293. The molecule has 3 heterocycles. The molecule has 2 N–H and O–H groups in total. The molecule has 2 aromatic carbocycles. The monoisotopic (exact) mass is 405 g/mol. The lowest BCUT2D eigenvalue weighted by atomic mass is 9.95. The zero-order chi connectivity index (χ0) is 19.6. The van der Waals surface area contributed by atoms with Crippen LogP contribution < -0.4 is 5.32 Å². The minimum atomic E-state index is 0.689. The predicted molar refractivity (Wildman–Crippen MR) is 124 cm³/mol. The van der Waals surface area contributed by atoms with Crippen LogP contribution >= 0.6 is 11.6 Å². The Morgan fingerprint density at radius 3 is 2.93 bits per heavy atom. The highest BCUT2D eigenvalue weighted by molar-refractivity contribution is 6.31. The number of unbranched alkanes of at least 4 members (excludes halogenated alkanes) is 1. The molecular formula is C25H28ClN3. The Bertz CT molecular complexity index is 1040. The molecule has 4 heteroatoms. The van der Waals surface area contributed by atoms with Gasteiger partial charge in [-0.3, -0.25) is 4.90 Å². The molecule has 0 bridgehead atoms. The largest absolute Gasteiger partial charge is 0.384 e. The number of nitrogens with zero attached hydrogens (tertiary/aromatic N) is 1. The molecule has 1 aromatic heterocycles. The van der Waals surface area contributed by atoms with E-state index in [9.17, 15) is 0 Å². The molecule has 150 valence electrons. The van der Waals surface area contributed by atoms with Gasteiger partial charge in [0, 0.05) is 58.9 Å². The molecule has 0 aliphatic carbocycles. The van der Waals surface area contributed by atoms with E-state index in [0.29, 0.717) is 5.92 Å². The number of H-pyrrole nitrogens is 1. The third kappa shape index (κ3) is 3.94. The highest BCUT2D eigenvalue weighted by atomic mass is 35.5. The number of rotatable bonds is 6. The topological polar surface area (TPSA) is 31.1 Å². The number of halogens is 1. The van der Waals surface area contributed by atoms with Crippen molar-refractivity contribution in [1.29, 1.82) is 0 Å². The highest BCUT2D eigenvalue weighted by Crippen LogP contribution is 2.34. The van der Waals surface area contributed by atoms with E-state index in [4.69, 9.17) is 11.6 Å². The Morgan fingerprint density at radius 2 is 2.03 bits per heavy atom. The average Bonchev–Trinajstić information content (AvgIpc) is 3.35. The number of hydrogen-bond donors (Lipinski definition) is 2. The van der Waals surface area contributed by atoms with E-state index in [1.807, 2.05) is 12.1 Å². The maximum atomic E-state index is 6.11. The maximum absolute atomic E-state index is 6.11. The van der Waals surface area contributed by atoms with Gasteiger partial charge in [-0.05, 0) is 55.1 Å². The molecule has 2 aliphatic heterocycles. The number of para-hydroxylation sites is 1. The van der Waals surface area contributed by atoms with E-state index in [0.717, 1.165) is 36.6 Å². The number of fused-ring (bicyclic) bond motifs is 2. The zero-order valence-corrected chi connectivity index (χ0v) is 17.5. The van der Waals surface area contributed by atoms with Crippen molar-refractivity contribution in [2.24, 2.45) is 0 Å². The van der Waals surface area contributed by atoms with Gasteiger partial charge in [0.1, 0.15) is 0 Å². The first-order chi connectivity index (χ1) is 14.3. The standard InChI is InChI=1S/C25H28ClN3/c26-20-8-9-22-23(17-28-25(22)15-20)18-10-13-29(14-11-18)12-4-3-5-19-16-27-24-7-2-1-6-21(19)24/h1-2,6-10,15,17,19,27-28H,3-5,11-14,16H2. The maximum Gasteiger partial charge on any atom is 0.0475 e. The Kier molecular flexibility index (Phi) is 5.34. The van der Waals surface area contributed by atoms with E-state index < -0.39 is 0 Å². The summed E-state index contributed by atoms with van der Waals surface area (Å²) in [4.78, 5) is 5.96. The van der Waals surface area contributed by atoms with Gasteiger partial charge in [-0.25, -0.2) is 0 Å². The van der Waals surface area contributed by atoms with Crippen LogP contribution in [0.1, 0.15) is 42.7 Å². The second-order valence-electron chi connectivity index (χ2n) is 8.33. The van der Waals surface area contributed by atoms with Gasteiger partial charge >= 0.3 is 0 Å². The molecule has 5 rings (SSSR count). The van der Waals surface area contributed by atoms with Crippen molar-refractivity contribution in [3.63, 3.8) is 0 Å². The molecule has 1 atom stereocenters. The summed E-state index contributed by atoms with van der Waals surface area (Å²) in [6, 6.07) is 14.9. The first-order valence-electron chi connectivity index (χ1n) is 10.8. The summed E-state index contributed by atoms with van der Waals surface area (Å²) in [5.74, 6) is 0.689. The van der Waals surface area contributed by atoms with E-state index in [1.54, 1.807) is 0 Å². The van der Waals surface area contributed by atoms with Crippen molar-refractivity contribution in [3.05, 3.63) is 70.9 Å². The van der Waals surface area contributed by atoms with E-state index in [1.165, 1.54) is 53.6 Å². The normalized spacial score (nSPS) is 19.2. The third-order valence-corrected chi connectivity index (χ3v) is 6.73. The Morgan fingerprint density at radius 1 is 1.10 bits per heavy atom. The van der Waals surface area contributed by atoms with Crippen LogP contribution in [0.3, 0.4) is 0 Å². The number of aromatic nitrogens is 1. The minimum Gasteiger partial charge on any atom is -0.384 e. The fraction of sp³-hybridized carbons (Fsp3) is 0.360. The molecule has 1 unspecified atom stereocenters. The van der Waals surface area contributed by atoms with Crippen LogP contribution in [-0.2, 0) is 0 Å². The van der Waals surface area contributed by atoms with Crippen LogP contribution in [0.5, 0.6) is 0 Å². The SMILES string of the molecule is Clc1ccc2c(C3=CCN(CCCCC4CNc5ccccc54)CC3)c[nH]c2c1. The number of aromatic amines is 1. The van der Waals surface area contributed by atoms with Crippen LogP contribution in [0.2, 0.25) is 5.02 Å². The summed E-state index contributed by atoms with van der Waals surface area (Å²) < 4.78 is 0. The molecular weight excluding hydrogens is 378 g/mol. The van der Waals surface area contributed by atoms with Gasteiger partial charge in [0.25, 0.3) is 0 Å². The molecule has 0 spiro atoms. The Balaban J connectivity index is 1.12. The van der Waals surface area contributed by atoms with Crippen molar-refractivity contribution in [1.82, 2.24) is 9.88 Å². The van der Waals surface area contributed by atoms with Crippen molar-refractivity contribution >= 4 is 33.8 Å². The second-order valence-corrected chi connectivity index (χ2v) is 8.77. The molecule has 0 saturated carbocycles. The fourth-order valence-corrected chi connectivity index (χ4v) is 5.04. The smallest absolute Gasteiger partial charge is 0.0475 e. The molecule has 0 radical (unpaired) electrons. The molecule has 3 aromatic rings. The molecule has 0 saturated heterocycles. The number of nitrogens with one attached hydrogen (secondary N) is 2. The molecule has 0 amide bonds. The summed E-state index contributed by atoms with van der Waals surface area (Å²) >= 11 is 6.11. The lowest BCUT2D eigenvalue weighted by Crippen LogP contribution is -2.29. The van der Waals surface area contributed by atoms with Gasteiger partial charge in [-0.1, -0.05) is 48.4 Å². The molecule has 2 aliphatic rings. The third-order valence-electron chi connectivity index (χ3n) is 6.50. The summed E-state index contributed by atoms with van der Waals surface area (Å²) in [6.07, 6.45) is 9.55. The van der Waals surface area contributed by atoms with Crippen LogP contribution in [0, 0.1) is 0 Å². The summed E-state index contributed by atoms with van der Waals surface area (Å²) in [5.41, 5.74) is 6.77. The Hall–Kier alpha value is -2.23. The highest BCUT2D eigenvalue weighted by Gasteiger charge is 2.21. The number of anilines is 1. The summed E-state index contributed by atoms with van der Waals surface area (Å²) in [7, 11) is 0. The average molecular weight is 406 g/mol. The summed E-state index contributed by atoms with van der Waals surface area (Å²) in [5, 5.41) is 5.61. The number of benzene rings is 2. The van der Waals surface area contributed by atoms with Gasteiger partial charge in [0.2, 0.25) is 0 Å². The van der Waals surface area contributed by atoms with Gasteiger partial charge in [-0.15, -0.1) is 0 Å². The molecule has 29 heavy (non-hydrogen) atoms. The molecule has 0 fully saturated rings. The van der Waals surface area contributed by atoms with Crippen LogP contribution in [-0.4, -0.2) is 36.1 Å². The lowest BCUT2D eigenvalue weighted by Gasteiger charge is -2.26. The van der Waals surface area contributed by atoms with Crippen molar-refractivity contribution in [2.45, 2.75) is 31.6 Å². The van der Waals surface area contributed by atoms with Gasteiger partial charge in [-0.2, -0.15) is 0 Å². The predicted octanol–water partition coefficient (Wildman–Crippen LogP) is 6.29. The zero-order valence-electron chi connectivity index (χ0n) is 16.8.